The van der Waals surface area contributed by atoms with Crippen LogP contribution in [-0.4, -0.2) is 35.0 Å². The second kappa shape index (κ2) is 7.27. The van der Waals surface area contributed by atoms with Crippen molar-refractivity contribution in [2.24, 2.45) is 0 Å². The van der Waals surface area contributed by atoms with Crippen LogP contribution >= 0.6 is 0 Å². The number of Topliss-reactive ketones (excluding diaryl/α,β-unsaturated/α-hetero) is 1. The standard InChI is InChI=1S/C17H21N5O2/c1-11(23)12-4-2-5-13(8-12)22-17-15(18)16(20-10-21-17)19-9-14-6-3-7-24-14/h2,4-5,8,10,14H,3,6-7,9,18H2,1H3,(H2,19,20,21,22). The number of hydrogen-bond acceptors (Lipinski definition) is 7. The molecule has 24 heavy (non-hydrogen) atoms. The third-order valence-corrected chi connectivity index (χ3v) is 3.94. The summed E-state index contributed by atoms with van der Waals surface area (Å²) in [6, 6.07) is 7.20. The van der Waals surface area contributed by atoms with E-state index in [1.54, 1.807) is 12.1 Å². The fourth-order valence-electron chi connectivity index (χ4n) is 2.60. The van der Waals surface area contributed by atoms with Crippen LogP contribution < -0.4 is 16.4 Å². The molecule has 1 fully saturated rings. The first-order valence-electron chi connectivity index (χ1n) is 7.97. The zero-order valence-corrected chi connectivity index (χ0v) is 13.6. The van der Waals surface area contributed by atoms with E-state index in [1.165, 1.54) is 13.3 Å². The molecule has 1 atom stereocenters. The average Bonchev–Trinajstić information content (AvgIpc) is 3.09. The van der Waals surface area contributed by atoms with Gasteiger partial charge in [0.15, 0.2) is 17.4 Å². The van der Waals surface area contributed by atoms with Gasteiger partial charge in [-0.2, -0.15) is 0 Å². The number of carbonyl (C=O) groups excluding carboxylic acids is 1. The molecule has 0 spiro atoms. The summed E-state index contributed by atoms with van der Waals surface area (Å²) in [5.41, 5.74) is 7.97. The van der Waals surface area contributed by atoms with Gasteiger partial charge in [0, 0.05) is 24.4 Å². The first kappa shape index (κ1) is 16.2. The van der Waals surface area contributed by atoms with Gasteiger partial charge in [0.2, 0.25) is 0 Å². The Morgan fingerprint density at radius 1 is 1.38 bits per heavy atom. The van der Waals surface area contributed by atoms with Crippen molar-refractivity contribution in [2.75, 3.05) is 29.5 Å². The Morgan fingerprint density at radius 2 is 2.21 bits per heavy atom. The van der Waals surface area contributed by atoms with E-state index >= 15 is 0 Å². The topological polar surface area (TPSA) is 102 Å². The summed E-state index contributed by atoms with van der Waals surface area (Å²) in [6.07, 6.45) is 3.78. The normalized spacial score (nSPS) is 16.8. The number of nitrogen functional groups attached to an aromatic ring is 1. The molecule has 0 aliphatic carbocycles. The van der Waals surface area contributed by atoms with Gasteiger partial charge in [-0.15, -0.1) is 0 Å². The third-order valence-electron chi connectivity index (χ3n) is 3.94. The van der Waals surface area contributed by atoms with Gasteiger partial charge in [-0.25, -0.2) is 9.97 Å². The number of nitrogens with zero attached hydrogens (tertiary/aromatic N) is 2. The zero-order valence-electron chi connectivity index (χ0n) is 13.6. The van der Waals surface area contributed by atoms with Crippen LogP contribution in [0, 0.1) is 0 Å². The quantitative estimate of drug-likeness (QED) is 0.701. The number of nitrogens with one attached hydrogen (secondary N) is 2. The fourth-order valence-corrected chi connectivity index (χ4v) is 2.60. The van der Waals surface area contributed by atoms with E-state index < -0.39 is 0 Å². The summed E-state index contributed by atoms with van der Waals surface area (Å²) in [5, 5.41) is 6.35. The first-order valence-corrected chi connectivity index (χ1v) is 7.97. The monoisotopic (exact) mass is 327 g/mol. The van der Waals surface area contributed by atoms with Gasteiger partial charge in [-0.05, 0) is 31.9 Å². The molecular formula is C17H21N5O2. The second-order valence-corrected chi connectivity index (χ2v) is 5.76. The SMILES string of the molecule is CC(=O)c1cccc(Nc2ncnc(NCC3CCCO3)c2N)c1. The van der Waals surface area contributed by atoms with E-state index in [0.717, 1.165) is 25.1 Å². The largest absolute Gasteiger partial charge is 0.393 e. The van der Waals surface area contributed by atoms with Crippen LogP contribution in [0.5, 0.6) is 0 Å². The molecule has 2 aromatic rings. The molecule has 7 nitrogen and oxygen atoms in total. The predicted octanol–water partition coefficient (Wildman–Crippen LogP) is 2.60. The van der Waals surface area contributed by atoms with Crippen molar-refractivity contribution in [3.05, 3.63) is 36.2 Å². The van der Waals surface area contributed by atoms with Gasteiger partial charge >= 0.3 is 0 Å². The molecule has 0 radical (unpaired) electrons. The second-order valence-electron chi connectivity index (χ2n) is 5.76. The molecule has 0 saturated carbocycles. The maximum Gasteiger partial charge on any atom is 0.159 e. The Bertz CT molecular complexity index is 729. The van der Waals surface area contributed by atoms with Crippen LogP contribution in [0.25, 0.3) is 0 Å². The molecule has 1 aliphatic heterocycles. The van der Waals surface area contributed by atoms with Crippen LogP contribution in [0.4, 0.5) is 23.0 Å². The van der Waals surface area contributed by atoms with E-state index in [1.807, 2.05) is 12.1 Å². The minimum atomic E-state index is 0.00762. The zero-order chi connectivity index (χ0) is 16.9. The lowest BCUT2D eigenvalue weighted by Gasteiger charge is -2.15. The third kappa shape index (κ3) is 3.80. The number of ether oxygens (including phenoxy) is 1. The summed E-state index contributed by atoms with van der Waals surface area (Å²) in [7, 11) is 0. The molecule has 0 bridgehead atoms. The molecule has 126 valence electrons. The highest BCUT2D eigenvalue weighted by molar-refractivity contribution is 5.95. The van der Waals surface area contributed by atoms with Crippen molar-refractivity contribution in [1.29, 1.82) is 0 Å². The van der Waals surface area contributed by atoms with E-state index in [2.05, 4.69) is 20.6 Å². The predicted molar refractivity (Wildman–Crippen MR) is 93.6 cm³/mol. The lowest BCUT2D eigenvalue weighted by Crippen LogP contribution is -2.20. The maximum atomic E-state index is 11.5. The Morgan fingerprint density at radius 3 is 2.96 bits per heavy atom. The molecule has 4 N–H and O–H groups in total. The molecular weight excluding hydrogens is 306 g/mol. The minimum Gasteiger partial charge on any atom is -0.393 e. The van der Waals surface area contributed by atoms with E-state index in [-0.39, 0.29) is 11.9 Å². The van der Waals surface area contributed by atoms with E-state index in [9.17, 15) is 4.79 Å². The molecule has 2 heterocycles. The number of rotatable bonds is 6. The van der Waals surface area contributed by atoms with Crippen molar-refractivity contribution in [3.8, 4) is 0 Å². The van der Waals surface area contributed by atoms with E-state index in [4.69, 9.17) is 10.5 Å². The van der Waals surface area contributed by atoms with Crippen LogP contribution in [-0.2, 0) is 4.74 Å². The average molecular weight is 327 g/mol. The Kier molecular flexibility index (Phi) is 4.90. The lowest BCUT2D eigenvalue weighted by molar-refractivity contribution is 0.101. The summed E-state index contributed by atoms with van der Waals surface area (Å²) in [5.74, 6) is 1.08. The van der Waals surface area contributed by atoms with Crippen molar-refractivity contribution in [3.63, 3.8) is 0 Å². The summed E-state index contributed by atoms with van der Waals surface area (Å²) in [6.45, 7) is 3.01. The number of nitrogens with two attached hydrogens (primary N) is 1. The highest BCUT2D eigenvalue weighted by Crippen LogP contribution is 2.26. The fraction of sp³-hybridized carbons (Fsp3) is 0.353. The Hall–Kier alpha value is -2.67. The summed E-state index contributed by atoms with van der Waals surface area (Å²) in [4.78, 5) is 19.9. The van der Waals surface area contributed by atoms with Crippen LogP contribution in [0.2, 0.25) is 0 Å². The molecule has 1 aromatic heterocycles. The molecule has 1 aliphatic rings. The number of ketones is 1. The van der Waals surface area contributed by atoms with Crippen molar-refractivity contribution < 1.29 is 9.53 Å². The van der Waals surface area contributed by atoms with Crippen LogP contribution in [0.3, 0.4) is 0 Å². The Labute approximate surface area is 140 Å². The molecule has 0 amide bonds. The maximum absolute atomic E-state index is 11.5. The van der Waals surface area contributed by atoms with Crippen LogP contribution in [0.1, 0.15) is 30.1 Å². The van der Waals surface area contributed by atoms with Gasteiger partial charge in [-0.3, -0.25) is 4.79 Å². The lowest BCUT2D eigenvalue weighted by atomic mass is 10.1. The smallest absolute Gasteiger partial charge is 0.159 e. The number of carbonyl (C=O) groups is 1. The Balaban J connectivity index is 1.72. The molecule has 1 unspecified atom stereocenters. The van der Waals surface area contributed by atoms with Crippen molar-refractivity contribution in [1.82, 2.24) is 9.97 Å². The van der Waals surface area contributed by atoms with Crippen molar-refractivity contribution >= 4 is 28.8 Å². The highest BCUT2D eigenvalue weighted by atomic mass is 16.5. The van der Waals surface area contributed by atoms with Gasteiger partial charge in [-0.1, -0.05) is 12.1 Å². The summed E-state index contributed by atoms with van der Waals surface area (Å²) < 4.78 is 5.58. The molecule has 7 heteroatoms. The number of benzene rings is 1. The van der Waals surface area contributed by atoms with Gasteiger partial charge in [0.05, 0.1) is 6.10 Å². The minimum absolute atomic E-state index is 0.00762. The first-order chi connectivity index (χ1) is 11.6. The van der Waals surface area contributed by atoms with Gasteiger partial charge in [0.1, 0.15) is 12.0 Å². The molecule has 1 saturated heterocycles. The van der Waals surface area contributed by atoms with Gasteiger partial charge < -0.3 is 21.1 Å². The molecule has 3 rings (SSSR count). The van der Waals surface area contributed by atoms with E-state index in [0.29, 0.717) is 29.4 Å². The van der Waals surface area contributed by atoms with Crippen molar-refractivity contribution in [2.45, 2.75) is 25.9 Å². The number of aromatic nitrogens is 2. The summed E-state index contributed by atoms with van der Waals surface area (Å²) >= 11 is 0. The van der Waals surface area contributed by atoms with Crippen LogP contribution in [0.15, 0.2) is 30.6 Å². The van der Waals surface area contributed by atoms with Gasteiger partial charge in [0.25, 0.3) is 0 Å². The highest BCUT2D eigenvalue weighted by Gasteiger charge is 2.16. The number of hydrogen-bond donors (Lipinski definition) is 3. The molecule has 1 aromatic carbocycles. The number of anilines is 4.